The highest BCUT2D eigenvalue weighted by Crippen LogP contribution is 2.45. The lowest BCUT2D eigenvalue weighted by Crippen LogP contribution is -2.17. The molecule has 0 aliphatic heterocycles. The second-order valence-corrected chi connectivity index (χ2v) is 7.28. The van der Waals surface area contributed by atoms with E-state index in [0.717, 1.165) is 0 Å². The fourth-order valence-corrected chi connectivity index (χ4v) is 3.32. The molecule has 0 aliphatic carbocycles. The minimum Gasteiger partial charge on any atom is -0.421 e. The number of ether oxygens (including phenoxy) is 1. The highest BCUT2D eigenvalue weighted by atomic mass is 16.5. The van der Waals surface area contributed by atoms with E-state index in [1.165, 1.54) is 18.2 Å². The van der Waals surface area contributed by atoms with Crippen LogP contribution >= 0.6 is 0 Å². The van der Waals surface area contributed by atoms with Crippen molar-refractivity contribution in [1.82, 2.24) is 0 Å². The van der Waals surface area contributed by atoms with Gasteiger partial charge in [-0.1, -0.05) is 0 Å². The van der Waals surface area contributed by atoms with Crippen LogP contribution in [0.25, 0.3) is 11.1 Å². The maximum absolute atomic E-state index is 12.9. The first-order valence-electron chi connectivity index (χ1n) is 9.23. The van der Waals surface area contributed by atoms with E-state index in [1.807, 2.05) is 0 Å². The number of nitrogens with two attached hydrogens (primary N) is 10. The van der Waals surface area contributed by atoms with E-state index in [2.05, 4.69) is 0 Å². The zero-order valence-corrected chi connectivity index (χ0v) is 17.3. The summed E-state index contributed by atoms with van der Waals surface area (Å²) < 4.78 is 5.39. The van der Waals surface area contributed by atoms with Crippen molar-refractivity contribution in [2.45, 2.75) is 6.92 Å². The molecule has 0 spiro atoms. The lowest BCUT2D eigenvalue weighted by molar-refractivity contribution is 0.0738. The van der Waals surface area contributed by atoms with Crippen LogP contribution < -0.4 is 62.1 Å². The molecule has 0 saturated carbocycles. The summed E-state index contributed by atoms with van der Waals surface area (Å²) in [5.41, 5.74) is 62.0. The number of rotatable bonds is 3. The van der Waals surface area contributed by atoms with Crippen LogP contribution in [0.1, 0.15) is 15.9 Å². The van der Waals surface area contributed by atoms with Crippen LogP contribution in [0.2, 0.25) is 0 Å². The lowest BCUT2D eigenvalue weighted by Gasteiger charge is -2.19. The van der Waals surface area contributed by atoms with Crippen molar-refractivity contribution in [3.63, 3.8) is 0 Å². The van der Waals surface area contributed by atoms with E-state index in [0.29, 0.717) is 11.1 Å². The van der Waals surface area contributed by atoms with Gasteiger partial charge in [-0.05, 0) is 19.1 Å². The largest absolute Gasteiger partial charge is 0.421 e. The van der Waals surface area contributed by atoms with Gasteiger partial charge in [0.25, 0.3) is 0 Å². The monoisotopic (exact) mass is 438 g/mol. The third-order valence-electron chi connectivity index (χ3n) is 5.26. The Labute approximate surface area is 183 Å². The maximum atomic E-state index is 12.9. The van der Waals surface area contributed by atoms with Gasteiger partial charge in [-0.15, -0.1) is 0 Å². The first-order chi connectivity index (χ1) is 14.9. The second kappa shape index (κ2) is 7.43. The van der Waals surface area contributed by atoms with Gasteiger partial charge in [-0.25, -0.2) is 4.79 Å². The normalized spacial score (nSPS) is 10.8. The fourth-order valence-electron chi connectivity index (χ4n) is 3.32. The molecule has 0 radical (unpaired) electrons. The fraction of sp³-hybridized carbons (Fsp3) is 0.0500. The van der Waals surface area contributed by atoms with Crippen molar-refractivity contribution < 1.29 is 9.53 Å². The van der Waals surface area contributed by atoms with Crippen molar-refractivity contribution in [2.24, 2.45) is 0 Å². The van der Waals surface area contributed by atoms with E-state index in [9.17, 15) is 4.79 Å². The molecule has 168 valence electrons. The van der Waals surface area contributed by atoms with Crippen molar-refractivity contribution >= 4 is 62.8 Å². The molecule has 0 atom stereocenters. The molecule has 0 bridgehead atoms. The molecule has 32 heavy (non-hydrogen) atoms. The first kappa shape index (κ1) is 21.8. The van der Waals surface area contributed by atoms with E-state index in [4.69, 9.17) is 62.1 Å². The minimum absolute atomic E-state index is 0.000412. The molecule has 20 N–H and O–H groups in total. The molecule has 3 aromatic carbocycles. The van der Waals surface area contributed by atoms with Gasteiger partial charge in [0.1, 0.15) is 5.56 Å². The van der Waals surface area contributed by atoms with Crippen LogP contribution in [-0.2, 0) is 0 Å². The van der Waals surface area contributed by atoms with Gasteiger partial charge < -0.3 is 62.1 Å². The SMILES string of the molecule is Cc1c(N)c(N)cc(OC(=O)c2c(N)cc(-c3c(N)cc(N)c(N)c3N)c(N)c2N)c1N. The Morgan fingerprint density at radius 3 is 1.84 bits per heavy atom. The van der Waals surface area contributed by atoms with E-state index < -0.39 is 5.97 Å². The summed E-state index contributed by atoms with van der Waals surface area (Å²) in [5.74, 6) is -0.897. The van der Waals surface area contributed by atoms with Gasteiger partial charge in [0, 0.05) is 34.1 Å². The van der Waals surface area contributed by atoms with Crippen molar-refractivity contribution in [1.29, 1.82) is 0 Å². The molecule has 3 rings (SSSR count). The zero-order chi connectivity index (χ0) is 24.1. The molecule has 0 saturated heterocycles. The third kappa shape index (κ3) is 3.25. The predicted octanol–water partition coefficient (Wildman–Crippen LogP) is 0.703. The molecule has 3 aromatic rings. The number of esters is 1. The first-order valence-corrected chi connectivity index (χ1v) is 9.23. The lowest BCUT2D eigenvalue weighted by atomic mass is 9.94. The predicted molar refractivity (Wildman–Crippen MR) is 132 cm³/mol. The summed E-state index contributed by atoms with van der Waals surface area (Å²) in [6.07, 6.45) is 0. The average Bonchev–Trinajstić information content (AvgIpc) is 2.72. The highest BCUT2D eigenvalue weighted by molar-refractivity contribution is 6.10. The third-order valence-corrected chi connectivity index (χ3v) is 5.26. The Morgan fingerprint density at radius 2 is 1.22 bits per heavy atom. The Bertz CT molecular complexity index is 1290. The summed E-state index contributed by atoms with van der Waals surface area (Å²) in [6.45, 7) is 1.64. The van der Waals surface area contributed by atoms with Crippen LogP contribution in [0.4, 0.5) is 56.9 Å². The van der Waals surface area contributed by atoms with E-state index >= 15 is 0 Å². The number of carbonyl (C=O) groups excluding carboxylic acids is 1. The molecule has 0 fully saturated rings. The number of anilines is 10. The maximum Gasteiger partial charge on any atom is 0.347 e. The average molecular weight is 438 g/mol. The number of nitrogen functional groups attached to an aromatic ring is 10. The standard InChI is InChI=1S/C20H26N10O2/c1-5-14(25)10(24)4-11(15(5)26)32-20(31)13-7(21)2-6(16(27)19(13)30)12-8(22)3-9(23)17(28)18(12)29/h2-4H,21-30H2,1H3. The second-order valence-electron chi connectivity index (χ2n) is 7.28. The molecule has 0 aliphatic rings. The van der Waals surface area contributed by atoms with Crippen molar-refractivity contribution in [3.05, 3.63) is 29.3 Å². The van der Waals surface area contributed by atoms with Crippen LogP contribution in [0.5, 0.6) is 5.75 Å². The van der Waals surface area contributed by atoms with Gasteiger partial charge >= 0.3 is 5.97 Å². The Hall–Kier alpha value is -4.87. The summed E-state index contributed by atoms with van der Waals surface area (Å²) in [7, 11) is 0. The van der Waals surface area contributed by atoms with Crippen LogP contribution in [-0.4, -0.2) is 5.97 Å². The number of hydrogen-bond acceptors (Lipinski definition) is 12. The van der Waals surface area contributed by atoms with Gasteiger partial charge in [0.15, 0.2) is 5.75 Å². The van der Waals surface area contributed by atoms with Gasteiger partial charge in [0.2, 0.25) is 0 Å². The highest BCUT2D eigenvalue weighted by Gasteiger charge is 2.25. The molecule has 0 unspecified atom stereocenters. The Morgan fingerprint density at radius 1 is 0.625 bits per heavy atom. The van der Waals surface area contributed by atoms with Gasteiger partial charge in [-0.3, -0.25) is 0 Å². The molecule has 0 amide bonds. The van der Waals surface area contributed by atoms with Crippen LogP contribution in [0.3, 0.4) is 0 Å². The van der Waals surface area contributed by atoms with Crippen LogP contribution in [0, 0.1) is 6.92 Å². The topological polar surface area (TPSA) is 286 Å². The minimum atomic E-state index is -0.897. The van der Waals surface area contributed by atoms with Crippen molar-refractivity contribution in [3.8, 4) is 16.9 Å². The number of benzene rings is 3. The Balaban J connectivity index is 2.12. The smallest absolute Gasteiger partial charge is 0.347 e. The summed E-state index contributed by atoms with van der Waals surface area (Å²) in [6, 6.07) is 4.16. The summed E-state index contributed by atoms with van der Waals surface area (Å²) in [5, 5.41) is 0. The van der Waals surface area contributed by atoms with Crippen molar-refractivity contribution in [2.75, 3.05) is 57.3 Å². The summed E-state index contributed by atoms with van der Waals surface area (Å²) >= 11 is 0. The molecule has 0 aromatic heterocycles. The molecule has 12 nitrogen and oxygen atoms in total. The zero-order valence-electron chi connectivity index (χ0n) is 17.3. The molecular formula is C20H26N10O2. The number of hydrogen-bond donors (Lipinski definition) is 10. The molecule has 12 heteroatoms. The van der Waals surface area contributed by atoms with E-state index in [-0.39, 0.29) is 73.8 Å². The van der Waals surface area contributed by atoms with Gasteiger partial charge in [0.05, 0.1) is 45.5 Å². The van der Waals surface area contributed by atoms with Crippen LogP contribution in [0.15, 0.2) is 18.2 Å². The van der Waals surface area contributed by atoms with E-state index in [1.54, 1.807) is 6.92 Å². The summed E-state index contributed by atoms with van der Waals surface area (Å²) in [4.78, 5) is 12.9. The molecular weight excluding hydrogens is 412 g/mol. The number of carbonyl (C=O) groups is 1. The van der Waals surface area contributed by atoms with Gasteiger partial charge in [-0.2, -0.15) is 0 Å². The quantitative estimate of drug-likeness (QED) is 0.153. The molecule has 0 heterocycles. The Kier molecular flexibility index (Phi) is 5.07.